The van der Waals surface area contributed by atoms with E-state index in [0.717, 1.165) is 25.2 Å². The minimum atomic E-state index is 0.467. The van der Waals surface area contributed by atoms with E-state index in [2.05, 4.69) is 48.4 Å². The molecular weight excluding hydrogens is 184 g/mol. The first-order valence-corrected chi connectivity index (χ1v) is 5.62. The third-order valence-electron chi connectivity index (χ3n) is 2.62. The minimum absolute atomic E-state index is 0.467. The Kier molecular flexibility index (Phi) is 3.05. The Morgan fingerprint density at radius 1 is 1.20 bits per heavy atom. The summed E-state index contributed by atoms with van der Waals surface area (Å²) in [5.74, 6) is 1.13. The summed E-state index contributed by atoms with van der Waals surface area (Å²) >= 11 is 0. The Morgan fingerprint density at radius 2 is 1.93 bits per heavy atom. The monoisotopic (exact) mass is 202 g/mol. The summed E-state index contributed by atoms with van der Waals surface area (Å²) in [6, 6.07) is 9.10. The van der Waals surface area contributed by atoms with Gasteiger partial charge >= 0.3 is 0 Å². The van der Waals surface area contributed by atoms with Crippen LogP contribution in [-0.4, -0.2) is 18.4 Å². The van der Waals surface area contributed by atoms with Crippen molar-refractivity contribution in [1.82, 2.24) is 5.32 Å². The van der Waals surface area contributed by atoms with Gasteiger partial charge in [0, 0.05) is 19.0 Å². The Balaban J connectivity index is 2.17. The second-order valence-corrected chi connectivity index (χ2v) is 4.32. The average Bonchev–Trinajstić information content (AvgIpc) is 2.38. The van der Waals surface area contributed by atoms with Crippen molar-refractivity contribution in [2.24, 2.45) is 4.99 Å². The lowest BCUT2D eigenvalue weighted by Crippen LogP contribution is -2.31. The summed E-state index contributed by atoms with van der Waals surface area (Å²) in [5, 5.41) is 3.41. The molecule has 0 unspecified atom stereocenters. The predicted molar refractivity (Wildman–Crippen MR) is 64.4 cm³/mol. The van der Waals surface area contributed by atoms with Gasteiger partial charge in [0.15, 0.2) is 0 Å². The van der Waals surface area contributed by atoms with Gasteiger partial charge in [-0.25, -0.2) is 0 Å². The van der Waals surface area contributed by atoms with Crippen LogP contribution in [0.3, 0.4) is 0 Å². The van der Waals surface area contributed by atoms with Crippen molar-refractivity contribution in [3.8, 4) is 0 Å². The molecule has 0 bridgehead atoms. The van der Waals surface area contributed by atoms with Crippen LogP contribution in [-0.2, 0) is 12.8 Å². The first-order chi connectivity index (χ1) is 7.25. The van der Waals surface area contributed by atoms with Crippen LogP contribution in [0.2, 0.25) is 0 Å². The molecule has 1 N–H and O–H groups in total. The van der Waals surface area contributed by atoms with Gasteiger partial charge in [-0.05, 0) is 31.4 Å². The van der Waals surface area contributed by atoms with E-state index >= 15 is 0 Å². The topological polar surface area (TPSA) is 24.4 Å². The summed E-state index contributed by atoms with van der Waals surface area (Å²) in [4.78, 5) is 4.58. The van der Waals surface area contributed by atoms with E-state index in [-0.39, 0.29) is 0 Å². The first-order valence-electron chi connectivity index (χ1n) is 5.62. The average molecular weight is 202 g/mol. The Morgan fingerprint density at radius 3 is 2.67 bits per heavy atom. The third kappa shape index (κ3) is 2.58. The van der Waals surface area contributed by atoms with Crippen molar-refractivity contribution in [1.29, 1.82) is 0 Å². The molecule has 0 amide bonds. The summed E-state index contributed by atoms with van der Waals surface area (Å²) in [6.45, 7) is 5.21. The van der Waals surface area contributed by atoms with Crippen molar-refractivity contribution in [3.05, 3.63) is 35.4 Å². The molecule has 0 aromatic heterocycles. The van der Waals surface area contributed by atoms with Crippen LogP contribution < -0.4 is 5.32 Å². The zero-order valence-electron chi connectivity index (χ0n) is 9.46. The van der Waals surface area contributed by atoms with E-state index in [1.807, 2.05) is 0 Å². The number of rotatable bonds is 1. The fraction of sp³-hybridized carbons (Fsp3) is 0.462. The van der Waals surface area contributed by atoms with E-state index in [1.165, 1.54) is 11.1 Å². The maximum absolute atomic E-state index is 4.58. The minimum Gasteiger partial charge on any atom is -0.371 e. The Bertz CT molecular complexity index is 367. The van der Waals surface area contributed by atoms with Crippen LogP contribution >= 0.6 is 0 Å². The smallest absolute Gasteiger partial charge is 0.101 e. The predicted octanol–water partition coefficient (Wildman–Crippen LogP) is 2.18. The number of aliphatic imine (C=N–C) groups is 1. The van der Waals surface area contributed by atoms with E-state index in [9.17, 15) is 0 Å². The second-order valence-electron chi connectivity index (χ2n) is 4.32. The van der Waals surface area contributed by atoms with Gasteiger partial charge in [0.05, 0.1) is 0 Å². The Labute approximate surface area is 91.4 Å². The fourth-order valence-electron chi connectivity index (χ4n) is 1.95. The maximum atomic E-state index is 4.58. The van der Waals surface area contributed by atoms with Crippen molar-refractivity contribution in [3.63, 3.8) is 0 Å². The van der Waals surface area contributed by atoms with Crippen LogP contribution in [0.25, 0.3) is 0 Å². The van der Waals surface area contributed by atoms with Gasteiger partial charge in [-0.1, -0.05) is 24.3 Å². The lowest BCUT2D eigenvalue weighted by atomic mass is 10.0. The molecule has 0 spiro atoms. The summed E-state index contributed by atoms with van der Waals surface area (Å²) in [5.41, 5.74) is 2.86. The molecule has 80 valence electrons. The zero-order chi connectivity index (χ0) is 10.7. The molecule has 0 radical (unpaired) electrons. The number of hydrogen-bond acceptors (Lipinski definition) is 2. The van der Waals surface area contributed by atoms with Gasteiger partial charge in [0.25, 0.3) is 0 Å². The Hall–Kier alpha value is -1.31. The van der Waals surface area contributed by atoms with Gasteiger partial charge in [-0.2, -0.15) is 0 Å². The highest BCUT2D eigenvalue weighted by Gasteiger charge is 2.10. The highest BCUT2D eigenvalue weighted by Crippen LogP contribution is 2.13. The highest BCUT2D eigenvalue weighted by molar-refractivity contribution is 5.85. The van der Waals surface area contributed by atoms with E-state index in [0.29, 0.717) is 6.04 Å². The van der Waals surface area contributed by atoms with Crippen LogP contribution in [0.4, 0.5) is 0 Å². The van der Waals surface area contributed by atoms with Gasteiger partial charge < -0.3 is 5.32 Å². The van der Waals surface area contributed by atoms with Gasteiger partial charge in [-0.3, -0.25) is 4.99 Å². The molecule has 1 aliphatic heterocycles. The number of amidine groups is 1. The molecule has 0 aliphatic carbocycles. The number of hydrogen-bond donors (Lipinski definition) is 1. The molecule has 1 aromatic rings. The first kappa shape index (κ1) is 10.2. The van der Waals surface area contributed by atoms with Gasteiger partial charge in [0.2, 0.25) is 0 Å². The van der Waals surface area contributed by atoms with E-state index in [1.54, 1.807) is 0 Å². The summed E-state index contributed by atoms with van der Waals surface area (Å²) in [6.07, 6.45) is 2.02. The lowest BCUT2D eigenvalue weighted by Gasteiger charge is -2.12. The van der Waals surface area contributed by atoms with Crippen molar-refractivity contribution in [2.45, 2.75) is 32.7 Å². The van der Waals surface area contributed by atoms with E-state index in [4.69, 9.17) is 0 Å². The molecule has 2 nitrogen and oxygen atoms in total. The molecule has 0 atom stereocenters. The number of nitrogens with one attached hydrogen (secondary N) is 1. The zero-order valence-corrected chi connectivity index (χ0v) is 9.46. The van der Waals surface area contributed by atoms with Crippen LogP contribution in [0, 0.1) is 0 Å². The molecule has 1 heterocycles. The van der Waals surface area contributed by atoms with E-state index < -0.39 is 0 Å². The van der Waals surface area contributed by atoms with Crippen LogP contribution in [0.15, 0.2) is 29.3 Å². The lowest BCUT2D eigenvalue weighted by molar-refractivity contribution is 0.722. The van der Waals surface area contributed by atoms with Crippen molar-refractivity contribution < 1.29 is 0 Å². The fourth-order valence-corrected chi connectivity index (χ4v) is 1.95. The molecule has 0 saturated carbocycles. The van der Waals surface area contributed by atoms with Crippen LogP contribution in [0.5, 0.6) is 0 Å². The standard InChI is InChI=1S/C13H18N2/c1-10(2)15-13-9-12-6-4-3-5-11(12)7-8-14-13/h3-6,10H,7-9H2,1-2H3,(H,14,15). The molecule has 2 rings (SSSR count). The van der Waals surface area contributed by atoms with Crippen molar-refractivity contribution in [2.75, 3.05) is 6.54 Å². The van der Waals surface area contributed by atoms with Gasteiger partial charge in [0.1, 0.15) is 5.84 Å². The number of benzene rings is 1. The second kappa shape index (κ2) is 4.47. The molecule has 0 fully saturated rings. The molecular formula is C13H18N2. The number of nitrogens with zero attached hydrogens (tertiary/aromatic N) is 1. The largest absolute Gasteiger partial charge is 0.371 e. The molecule has 15 heavy (non-hydrogen) atoms. The SMILES string of the molecule is CC(C)NC1=NCCc2ccccc2C1. The number of fused-ring (bicyclic) bond motifs is 1. The van der Waals surface area contributed by atoms with Crippen molar-refractivity contribution >= 4 is 5.84 Å². The summed E-state index contributed by atoms with van der Waals surface area (Å²) < 4.78 is 0. The molecule has 1 aliphatic rings. The molecule has 1 aromatic carbocycles. The highest BCUT2D eigenvalue weighted by atomic mass is 15.0. The van der Waals surface area contributed by atoms with Crippen LogP contribution in [0.1, 0.15) is 25.0 Å². The molecule has 2 heteroatoms. The quantitative estimate of drug-likeness (QED) is 0.741. The maximum Gasteiger partial charge on any atom is 0.101 e. The summed E-state index contributed by atoms with van der Waals surface area (Å²) in [7, 11) is 0. The molecule has 0 saturated heterocycles. The normalized spacial score (nSPS) is 15.5. The third-order valence-corrected chi connectivity index (χ3v) is 2.62. The van der Waals surface area contributed by atoms with Gasteiger partial charge in [-0.15, -0.1) is 0 Å².